The van der Waals surface area contributed by atoms with Gasteiger partial charge >= 0.3 is 6.18 Å². The second kappa shape index (κ2) is 2.86. The van der Waals surface area contributed by atoms with Crippen molar-refractivity contribution >= 4 is 5.78 Å². The number of halogens is 3. The minimum absolute atomic E-state index is 0.171. The van der Waals surface area contributed by atoms with Gasteiger partial charge in [-0.1, -0.05) is 0 Å². The van der Waals surface area contributed by atoms with Gasteiger partial charge in [0.15, 0.2) is 5.78 Å². The number of carbonyl (C=O) groups excluding carboxylic acids is 1. The summed E-state index contributed by atoms with van der Waals surface area (Å²) in [7, 11) is 1.15. The smallest absolute Gasteiger partial charge is 0.293 e. The largest absolute Gasteiger partial charge is 0.433 e. The first-order chi connectivity index (χ1) is 5.82. The van der Waals surface area contributed by atoms with E-state index in [9.17, 15) is 18.0 Å². The van der Waals surface area contributed by atoms with Gasteiger partial charge in [0.2, 0.25) is 0 Å². The van der Waals surface area contributed by atoms with Gasteiger partial charge in [-0.25, -0.2) is 0 Å². The van der Waals surface area contributed by atoms with Crippen LogP contribution in [0, 0.1) is 0 Å². The van der Waals surface area contributed by atoms with Crippen molar-refractivity contribution in [1.82, 2.24) is 9.78 Å². The summed E-state index contributed by atoms with van der Waals surface area (Å²) in [6, 6.07) is 0.738. The third-order valence-electron chi connectivity index (χ3n) is 1.53. The molecule has 0 unspecified atom stereocenters. The molecule has 0 saturated carbocycles. The van der Waals surface area contributed by atoms with Crippen LogP contribution in [-0.4, -0.2) is 15.6 Å². The molecule has 1 heterocycles. The Labute approximate surface area is 72.2 Å². The third kappa shape index (κ3) is 1.88. The fourth-order valence-electron chi connectivity index (χ4n) is 0.905. The summed E-state index contributed by atoms with van der Waals surface area (Å²) in [5, 5.41) is 3.42. The molecule has 0 radical (unpaired) electrons. The van der Waals surface area contributed by atoms with Gasteiger partial charge in [0.05, 0.1) is 0 Å². The molecule has 13 heavy (non-hydrogen) atoms. The van der Waals surface area contributed by atoms with Crippen LogP contribution in [0.5, 0.6) is 0 Å². The molecule has 6 heteroatoms. The Morgan fingerprint density at radius 1 is 1.54 bits per heavy atom. The average Bonchev–Trinajstić information content (AvgIpc) is 2.29. The zero-order chi connectivity index (χ0) is 10.2. The highest BCUT2D eigenvalue weighted by atomic mass is 19.4. The lowest BCUT2D eigenvalue weighted by Gasteiger charge is -2.04. The molecule has 72 valence electrons. The zero-order valence-electron chi connectivity index (χ0n) is 7.01. The number of Topliss-reactive ketones (excluding diaryl/α,β-unsaturated/α-hetero) is 1. The molecule has 1 aromatic heterocycles. The van der Waals surface area contributed by atoms with Crippen LogP contribution in [0.3, 0.4) is 0 Å². The van der Waals surface area contributed by atoms with Gasteiger partial charge in [-0.15, -0.1) is 0 Å². The van der Waals surface area contributed by atoms with Crippen molar-refractivity contribution in [3.05, 3.63) is 17.5 Å². The van der Waals surface area contributed by atoms with Crippen LogP contribution < -0.4 is 0 Å². The summed E-state index contributed by atoms with van der Waals surface area (Å²) in [6.45, 7) is 1.17. The van der Waals surface area contributed by atoms with E-state index in [0.29, 0.717) is 4.68 Å². The minimum Gasteiger partial charge on any atom is -0.293 e. The van der Waals surface area contributed by atoms with Crippen LogP contribution in [0.15, 0.2) is 6.07 Å². The fraction of sp³-hybridized carbons (Fsp3) is 0.429. The number of aryl methyl sites for hydroxylation is 1. The molecule has 0 fully saturated rings. The molecule has 0 amide bonds. The summed E-state index contributed by atoms with van der Waals surface area (Å²) in [5.41, 5.74) is -1.09. The van der Waals surface area contributed by atoms with Crippen LogP contribution >= 0.6 is 0 Å². The van der Waals surface area contributed by atoms with Gasteiger partial charge in [-0.05, 0) is 6.07 Å². The van der Waals surface area contributed by atoms with Gasteiger partial charge in [0.1, 0.15) is 11.4 Å². The van der Waals surface area contributed by atoms with Crippen LogP contribution in [0.25, 0.3) is 0 Å². The number of hydrogen-bond acceptors (Lipinski definition) is 2. The Morgan fingerprint density at radius 3 is 2.31 bits per heavy atom. The summed E-state index contributed by atoms with van der Waals surface area (Å²) < 4.78 is 37.1. The Morgan fingerprint density at radius 2 is 2.08 bits per heavy atom. The molecule has 0 aliphatic rings. The molecule has 0 saturated heterocycles. The predicted molar refractivity (Wildman–Crippen MR) is 38.2 cm³/mol. The number of hydrogen-bond donors (Lipinski definition) is 0. The maximum atomic E-state index is 12.2. The van der Waals surface area contributed by atoms with E-state index >= 15 is 0 Å². The molecule has 0 bridgehead atoms. The molecule has 0 aromatic carbocycles. The van der Waals surface area contributed by atoms with Crippen LogP contribution in [-0.2, 0) is 13.2 Å². The molecule has 0 aliphatic carbocycles. The van der Waals surface area contributed by atoms with E-state index < -0.39 is 17.7 Å². The first-order valence-corrected chi connectivity index (χ1v) is 3.44. The van der Waals surface area contributed by atoms with Gasteiger partial charge in [0.25, 0.3) is 0 Å². The van der Waals surface area contributed by atoms with Crippen molar-refractivity contribution in [2.24, 2.45) is 7.05 Å². The van der Waals surface area contributed by atoms with Crippen molar-refractivity contribution in [2.45, 2.75) is 13.1 Å². The topological polar surface area (TPSA) is 34.9 Å². The Balaban J connectivity index is 3.18. The average molecular weight is 192 g/mol. The Kier molecular flexibility index (Phi) is 2.15. The van der Waals surface area contributed by atoms with E-state index in [1.54, 1.807) is 0 Å². The third-order valence-corrected chi connectivity index (χ3v) is 1.53. The lowest BCUT2D eigenvalue weighted by atomic mass is 10.3. The van der Waals surface area contributed by atoms with Crippen molar-refractivity contribution in [3.8, 4) is 0 Å². The van der Waals surface area contributed by atoms with E-state index in [4.69, 9.17) is 0 Å². The summed E-state index contributed by atoms with van der Waals surface area (Å²) in [6.07, 6.45) is -4.46. The number of ketones is 1. The van der Waals surface area contributed by atoms with Crippen LogP contribution in [0.1, 0.15) is 23.1 Å². The van der Waals surface area contributed by atoms with Crippen molar-refractivity contribution in [2.75, 3.05) is 0 Å². The molecular weight excluding hydrogens is 185 g/mol. The number of alkyl halides is 3. The molecule has 1 aromatic rings. The molecule has 3 nitrogen and oxygen atoms in total. The van der Waals surface area contributed by atoms with E-state index in [1.165, 1.54) is 6.92 Å². The van der Waals surface area contributed by atoms with Crippen molar-refractivity contribution in [3.63, 3.8) is 0 Å². The monoisotopic (exact) mass is 192 g/mol. The van der Waals surface area contributed by atoms with Crippen LogP contribution in [0.2, 0.25) is 0 Å². The first kappa shape index (κ1) is 9.76. The second-order valence-electron chi connectivity index (χ2n) is 2.59. The first-order valence-electron chi connectivity index (χ1n) is 3.44. The highest BCUT2D eigenvalue weighted by molar-refractivity contribution is 5.92. The van der Waals surface area contributed by atoms with E-state index in [1.807, 2.05) is 0 Å². The summed E-state index contributed by atoms with van der Waals surface area (Å²) in [4.78, 5) is 10.7. The molecule has 1 rings (SSSR count). The van der Waals surface area contributed by atoms with Crippen LogP contribution in [0.4, 0.5) is 13.2 Å². The minimum atomic E-state index is -4.46. The second-order valence-corrected chi connectivity index (χ2v) is 2.59. The standard InChI is InChI=1S/C7H7F3N2O/c1-4(13)5-3-6(7(8,9)10)12(2)11-5/h3H,1-2H3. The Bertz CT molecular complexity index is 340. The van der Waals surface area contributed by atoms with E-state index in [2.05, 4.69) is 5.10 Å². The van der Waals surface area contributed by atoms with E-state index in [0.717, 1.165) is 13.1 Å². The van der Waals surface area contributed by atoms with E-state index in [-0.39, 0.29) is 5.69 Å². The molecule has 0 aliphatic heterocycles. The maximum Gasteiger partial charge on any atom is 0.433 e. The highest BCUT2D eigenvalue weighted by Crippen LogP contribution is 2.29. The van der Waals surface area contributed by atoms with Gasteiger partial charge in [-0.2, -0.15) is 18.3 Å². The number of rotatable bonds is 1. The van der Waals surface area contributed by atoms with Gasteiger partial charge in [0, 0.05) is 14.0 Å². The predicted octanol–water partition coefficient (Wildman–Crippen LogP) is 1.64. The van der Waals surface area contributed by atoms with Gasteiger partial charge in [-0.3, -0.25) is 9.48 Å². The summed E-state index contributed by atoms with van der Waals surface area (Å²) in [5.74, 6) is -0.480. The highest BCUT2D eigenvalue weighted by Gasteiger charge is 2.35. The zero-order valence-corrected chi connectivity index (χ0v) is 7.01. The van der Waals surface area contributed by atoms with Crippen molar-refractivity contribution in [1.29, 1.82) is 0 Å². The fourth-order valence-corrected chi connectivity index (χ4v) is 0.905. The Hall–Kier alpha value is -1.33. The molecule has 0 atom stereocenters. The maximum absolute atomic E-state index is 12.2. The number of carbonyl (C=O) groups is 1. The number of aromatic nitrogens is 2. The molecule has 0 N–H and O–H groups in total. The molecule has 0 spiro atoms. The lowest BCUT2D eigenvalue weighted by molar-refractivity contribution is -0.143. The quantitative estimate of drug-likeness (QED) is 0.634. The summed E-state index contributed by atoms with van der Waals surface area (Å²) >= 11 is 0. The van der Waals surface area contributed by atoms with Gasteiger partial charge < -0.3 is 0 Å². The lowest BCUT2D eigenvalue weighted by Crippen LogP contribution is -2.11. The number of nitrogens with zero attached hydrogens (tertiary/aromatic N) is 2. The normalized spacial score (nSPS) is 11.8. The SMILES string of the molecule is CC(=O)c1cc(C(F)(F)F)n(C)n1. The molecular formula is C7H7F3N2O. The van der Waals surface area contributed by atoms with Crippen molar-refractivity contribution < 1.29 is 18.0 Å².